The average molecular weight is 418 g/mol. The van der Waals surface area contributed by atoms with Gasteiger partial charge in [0, 0.05) is 17.7 Å². The number of nitro groups is 1. The summed E-state index contributed by atoms with van der Waals surface area (Å²) in [5.41, 5.74) is 0.256. The molecule has 3 rings (SSSR count). The molecule has 1 aromatic heterocycles. The molecule has 11 heteroatoms. The Hall–Kier alpha value is -3.86. The highest BCUT2D eigenvalue weighted by Gasteiger charge is 2.19. The molecule has 3 aromatic rings. The predicted octanol–water partition coefficient (Wildman–Crippen LogP) is 3.36. The summed E-state index contributed by atoms with van der Waals surface area (Å²) in [5, 5.41) is 19.7. The number of nitrogens with zero attached hydrogens (tertiary/aromatic N) is 1. The first-order valence-electron chi connectivity index (χ1n) is 8.00. The Morgan fingerprint density at radius 1 is 1.14 bits per heavy atom. The molecule has 0 fully saturated rings. The van der Waals surface area contributed by atoms with E-state index in [1.165, 1.54) is 31.4 Å². The van der Waals surface area contributed by atoms with E-state index in [4.69, 9.17) is 14.3 Å². The zero-order valence-corrected chi connectivity index (χ0v) is 15.7. The monoisotopic (exact) mass is 418 g/mol. The fraction of sp³-hybridized carbons (Fsp3) is 0.0556. The second-order valence-corrected chi connectivity index (χ2v) is 7.42. The van der Waals surface area contributed by atoms with Crippen molar-refractivity contribution in [2.24, 2.45) is 0 Å². The Morgan fingerprint density at radius 3 is 2.38 bits per heavy atom. The number of sulfonamides is 1. The van der Waals surface area contributed by atoms with Crippen LogP contribution in [-0.2, 0) is 10.0 Å². The van der Waals surface area contributed by atoms with Gasteiger partial charge in [0.15, 0.2) is 0 Å². The van der Waals surface area contributed by atoms with Gasteiger partial charge >= 0.3 is 5.97 Å². The smallest absolute Gasteiger partial charge is 0.371 e. The van der Waals surface area contributed by atoms with Crippen LogP contribution in [0.25, 0.3) is 11.3 Å². The summed E-state index contributed by atoms with van der Waals surface area (Å²) in [6.07, 6.45) is 0. The molecule has 10 nitrogen and oxygen atoms in total. The van der Waals surface area contributed by atoms with Crippen molar-refractivity contribution in [3.63, 3.8) is 0 Å². The van der Waals surface area contributed by atoms with Crippen molar-refractivity contribution >= 4 is 27.4 Å². The van der Waals surface area contributed by atoms with Crippen molar-refractivity contribution in [2.75, 3.05) is 11.8 Å². The first-order valence-corrected chi connectivity index (χ1v) is 9.48. The first-order chi connectivity index (χ1) is 13.7. The van der Waals surface area contributed by atoms with Gasteiger partial charge in [0.1, 0.15) is 11.5 Å². The summed E-state index contributed by atoms with van der Waals surface area (Å²) in [6.45, 7) is 0. The third kappa shape index (κ3) is 4.19. The van der Waals surface area contributed by atoms with Crippen LogP contribution in [0.5, 0.6) is 5.75 Å². The molecule has 0 bridgehead atoms. The van der Waals surface area contributed by atoms with Crippen LogP contribution in [0.2, 0.25) is 0 Å². The lowest BCUT2D eigenvalue weighted by Crippen LogP contribution is -2.13. The number of hydrogen-bond acceptors (Lipinski definition) is 7. The Balaban J connectivity index is 1.96. The Kier molecular flexibility index (Phi) is 5.24. The lowest BCUT2D eigenvalue weighted by molar-refractivity contribution is -0.384. The maximum absolute atomic E-state index is 12.7. The molecule has 2 aromatic carbocycles. The summed E-state index contributed by atoms with van der Waals surface area (Å²) in [6, 6.07) is 11.6. The van der Waals surface area contributed by atoms with Gasteiger partial charge in [-0.2, -0.15) is 0 Å². The third-order valence-electron chi connectivity index (χ3n) is 3.90. The quantitative estimate of drug-likeness (QED) is 0.438. The van der Waals surface area contributed by atoms with E-state index in [9.17, 15) is 23.3 Å². The van der Waals surface area contributed by atoms with Gasteiger partial charge in [-0.15, -0.1) is 0 Å². The maximum atomic E-state index is 12.7. The molecule has 0 saturated heterocycles. The summed E-state index contributed by atoms with van der Waals surface area (Å²) in [5.74, 6) is -1.06. The van der Waals surface area contributed by atoms with Crippen LogP contribution in [-0.4, -0.2) is 31.5 Å². The van der Waals surface area contributed by atoms with E-state index in [0.29, 0.717) is 5.56 Å². The van der Waals surface area contributed by atoms with E-state index >= 15 is 0 Å². The van der Waals surface area contributed by atoms with Gasteiger partial charge in [0.25, 0.3) is 15.7 Å². The number of methoxy groups -OCH3 is 1. The Bertz CT molecular complexity index is 1180. The number of ether oxygens (including phenoxy) is 1. The number of furan rings is 1. The fourth-order valence-corrected chi connectivity index (χ4v) is 3.56. The number of benzene rings is 2. The SMILES string of the molecule is COc1ccc(-c2ccc(C(=O)O)o2)cc1NS(=O)(=O)c1ccc([N+](=O)[O-])cc1. The van der Waals surface area contributed by atoms with Crippen LogP contribution in [0.4, 0.5) is 11.4 Å². The number of carbonyl (C=O) groups is 1. The van der Waals surface area contributed by atoms with Crippen molar-refractivity contribution in [3.05, 3.63) is 70.5 Å². The average Bonchev–Trinajstić information content (AvgIpc) is 3.18. The summed E-state index contributed by atoms with van der Waals surface area (Å²) in [4.78, 5) is 20.9. The summed E-state index contributed by atoms with van der Waals surface area (Å²) in [7, 11) is -2.72. The normalized spacial score (nSPS) is 11.1. The standard InChI is InChI=1S/C18H14N2O8S/c1-27-16-7-2-11(15-8-9-17(28-15)18(21)22)10-14(16)19-29(25,26)13-5-3-12(4-6-13)20(23)24/h2-10,19H,1H3,(H,21,22). The second-order valence-electron chi connectivity index (χ2n) is 5.74. The number of nitro benzene ring substituents is 1. The molecule has 29 heavy (non-hydrogen) atoms. The highest BCUT2D eigenvalue weighted by molar-refractivity contribution is 7.92. The molecule has 1 heterocycles. The number of anilines is 1. The molecule has 0 radical (unpaired) electrons. The summed E-state index contributed by atoms with van der Waals surface area (Å²) >= 11 is 0. The van der Waals surface area contributed by atoms with Gasteiger partial charge < -0.3 is 14.3 Å². The number of nitrogens with one attached hydrogen (secondary N) is 1. The molecule has 150 valence electrons. The molecular formula is C18H14N2O8S. The highest BCUT2D eigenvalue weighted by atomic mass is 32.2. The minimum absolute atomic E-state index is 0.0802. The van der Waals surface area contributed by atoms with Crippen LogP contribution in [0.15, 0.2) is 63.9 Å². The fourth-order valence-electron chi connectivity index (χ4n) is 2.50. The number of aromatic carboxylic acids is 1. The number of carboxylic acids is 1. The minimum atomic E-state index is -4.07. The zero-order valence-electron chi connectivity index (χ0n) is 14.9. The van der Waals surface area contributed by atoms with Crippen molar-refractivity contribution in [3.8, 4) is 17.1 Å². The maximum Gasteiger partial charge on any atom is 0.371 e. The number of carboxylic acid groups (broad SMARTS) is 1. The summed E-state index contributed by atoms with van der Waals surface area (Å²) < 4.78 is 38.1. The number of non-ortho nitro benzene ring substituents is 1. The van der Waals surface area contributed by atoms with E-state index in [1.54, 1.807) is 6.07 Å². The van der Waals surface area contributed by atoms with Gasteiger partial charge in [-0.05, 0) is 42.5 Å². The van der Waals surface area contributed by atoms with E-state index in [0.717, 1.165) is 24.3 Å². The van der Waals surface area contributed by atoms with Crippen molar-refractivity contribution in [2.45, 2.75) is 4.90 Å². The molecule has 0 atom stereocenters. The van der Waals surface area contributed by atoms with Crippen LogP contribution < -0.4 is 9.46 Å². The molecule has 0 aliphatic carbocycles. The third-order valence-corrected chi connectivity index (χ3v) is 5.28. The first kappa shape index (κ1) is 19.9. The van der Waals surface area contributed by atoms with Crippen molar-refractivity contribution in [1.29, 1.82) is 0 Å². The number of hydrogen-bond donors (Lipinski definition) is 2. The van der Waals surface area contributed by atoms with Crippen LogP contribution >= 0.6 is 0 Å². The molecule has 0 aliphatic rings. The van der Waals surface area contributed by atoms with Gasteiger partial charge in [-0.25, -0.2) is 13.2 Å². The van der Waals surface area contributed by atoms with Gasteiger partial charge in [-0.1, -0.05) is 0 Å². The van der Waals surface area contributed by atoms with Crippen molar-refractivity contribution in [1.82, 2.24) is 0 Å². The molecule has 0 aliphatic heterocycles. The number of rotatable bonds is 7. The predicted molar refractivity (Wildman–Crippen MR) is 102 cm³/mol. The van der Waals surface area contributed by atoms with E-state index in [1.807, 2.05) is 0 Å². The van der Waals surface area contributed by atoms with Gasteiger partial charge in [0.2, 0.25) is 5.76 Å². The van der Waals surface area contributed by atoms with Gasteiger partial charge in [0.05, 0.1) is 22.6 Å². The topological polar surface area (TPSA) is 149 Å². The molecule has 0 amide bonds. The van der Waals surface area contributed by atoms with E-state index in [2.05, 4.69) is 4.72 Å². The van der Waals surface area contributed by atoms with Gasteiger partial charge in [-0.3, -0.25) is 14.8 Å². The minimum Gasteiger partial charge on any atom is -0.495 e. The molecule has 0 unspecified atom stereocenters. The van der Waals surface area contributed by atoms with E-state index < -0.39 is 20.9 Å². The Labute approximate surface area is 164 Å². The Morgan fingerprint density at radius 2 is 1.83 bits per heavy atom. The molecule has 2 N–H and O–H groups in total. The molecule has 0 saturated carbocycles. The lowest BCUT2D eigenvalue weighted by Gasteiger charge is -2.13. The molecular weight excluding hydrogens is 404 g/mol. The van der Waals surface area contributed by atoms with Crippen LogP contribution in [0, 0.1) is 10.1 Å². The lowest BCUT2D eigenvalue weighted by atomic mass is 10.1. The zero-order chi connectivity index (χ0) is 21.2. The second kappa shape index (κ2) is 7.64. The molecule has 0 spiro atoms. The van der Waals surface area contributed by atoms with Crippen LogP contribution in [0.1, 0.15) is 10.6 Å². The van der Waals surface area contributed by atoms with Crippen LogP contribution in [0.3, 0.4) is 0 Å². The van der Waals surface area contributed by atoms with E-state index in [-0.39, 0.29) is 33.5 Å². The van der Waals surface area contributed by atoms with Crippen molar-refractivity contribution < 1.29 is 32.4 Å². The highest BCUT2D eigenvalue weighted by Crippen LogP contribution is 2.33. The largest absolute Gasteiger partial charge is 0.495 e.